The van der Waals surface area contributed by atoms with Crippen molar-refractivity contribution < 1.29 is 14.2 Å². The van der Waals surface area contributed by atoms with Crippen molar-refractivity contribution in [1.29, 1.82) is 0 Å². The molecule has 4 nitrogen and oxygen atoms in total. The fraction of sp³-hybridized carbons (Fsp3) is 0.371. The van der Waals surface area contributed by atoms with Crippen LogP contribution in [0.4, 0.5) is 5.69 Å². The Balaban J connectivity index is 1.21. The van der Waals surface area contributed by atoms with Gasteiger partial charge in [-0.3, -0.25) is 0 Å². The molecule has 0 spiro atoms. The predicted molar refractivity (Wildman–Crippen MR) is 161 cm³/mol. The van der Waals surface area contributed by atoms with Gasteiger partial charge in [-0.05, 0) is 71.2 Å². The maximum absolute atomic E-state index is 6.38. The third-order valence-corrected chi connectivity index (χ3v) is 8.95. The Kier molecular flexibility index (Phi) is 7.09. The molecule has 39 heavy (non-hydrogen) atoms. The lowest BCUT2D eigenvalue weighted by Gasteiger charge is -2.41. The molecule has 6 rings (SSSR count). The second-order valence-corrected chi connectivity index (χ2v) is 11.6. The topological polar surface area (TPSA) is 39.7 Å². The molecule has 0 atom stereocenters. The highest BCUT2D eigenvalue weighted by molar-refractivity contribution is 6.00. The van der Waals surface area contributed by atoms with E-state index in [1.165, 1.54) is 33.2 Å². The second kappa shape index (κ2) is 10.7. The SMILES string of the molecule is CCC1(CNc2ccc(-c3ccc(-c4ccc(OCC5(CC)COC5)c5ccccc45)cc3C)cc2)COC1. The van der Waals surface area contributed by atoms with Crippen molar-refractivity contribution in [2.24, 2.45) is 10.8 Å². The molecule has 0 aliphatic carbocycles. The highest BCUT2D eigenvalue weighted by Crippen LogP contribution is 2.38. The largest absolute Gasteiger partial charge is 0.492 e. The Morgan fingerprint density at radius 1 is 0.718 bits per heavy atom. The maximum atomic E-state index is 6.38. The molecule has 0 saturated carbocycles. The zero-order valence-electron chi connectivity index (χ0n) is 23.4. The van der Waals surface area contributed by atoms with Gasteiger partial charge in [0, 0.05) is 23.0 Å². The summed E-state index contributed by atoms with van der Waals surface area (Å²) in [6, 6.07) is 28.5. The van der Waals surface area contributed by atoms with Crippen LogP contribution >= 0.6 is 0 Å². The number of aryl methyl sites for hydroxylation is 1. The molecule has 202 valence electrons. The van der Waals surface area contributed by atoms with Gasteiger partial charge < -0.3 is 19.5 Å². The Bertz CT molecular complexity index is 1440. The van der Waals surface area contributed by atoms with Gasteiger partial charge in [-0.1, -0.05) is 74.5 Å². The summed E-state index contributed by atoms with van der Waals surface area (Å²) in [5, 5.41) is 5.99. The molecule has 2 aliphatic rings. The number of hydrogen-bond donors (Lipinski definition) is 1. The van der Waals surface area contributed by atoms with Crippen LogP contribution in [0.15, 0.2) is 78.9 Å². The minimum Gasteiger partial charge on any atom is -0.492 e. The van der Waals surface area contributed by atoms with Crippen LogP contribution in [0.3, 0.4) is 0 Å². The van der Waals surface area contributed by atoms with Crippen molar-refractivity contribution in [1.82, 2.24) is 0 Å². The summed E-state index contributed by atoms with van der Waals surface area (Å²) < 4.78 is 17.3. The van der Waals surface area contributed by atoms with Crippen molar-refractivity contribution in [2.75, 3.05) is 44.9 Å². The molecule has 0 bridgehead atoms. The Morgan fingerprint density at radius 3 is 1.97 bits per heavy atom. The lowest BCUT2D eigenvalue weighted by molar-refractivity contribution is -0.133. The van der Waals surface area contributed by atoms with Crippen molar-refractivity contribution in [3.8, 4) is 28.0 Å². The van der Waals surface area contributed by atoms with Crippen LogP contribution < -0.4 is 10.1 Å². The van der Waals surface area contributed by atoms with E-state index in [-0.39, 0.29) is 5.41 Å². The number of fused-ring (bicyclic) bond motifs is 1. The highest BCUT2D eigenvalue weighted by Gasteiger charge is 2.38. The van der Waals surface area contributed by atoms with Crippen molar-refractivity contribution >= 4 is 16.5 Å². The normalized spacial score (nSPS) is 17.3. The smallest absolute Gasteiger partial charge is 0.127 e. The Hall–Kier alpha value is -3.34. The first kappa shape index (κ1) is 25.9. The second-order valence-electron chi connectivity index (χ2n) is 11.6. The zero-order chi connectivity index (χ0) is 26.9. The lowest BCUT2D eigenvalue weighted by atomic mass is 9.83. The number of hydrogen-bond acceptors (Lipinski definition) is 4. The molecule has 1 N–H and O–H groups in total. The Labute approximate surface area is 232 Å². The van der Waals surface area contributed by atoms with Crippen LogP contribution in [0.2, 0.25) is 0 Å². The van der Waals surface area contributed by atoms with Gasteiger partial charge >= 0.3 is 0 Å². The van der Waals surface area contributed by atoms with Gasteiger partial charge in [0.15, 0.2) is 0 Å². The van der Waals surface area contributed by atoms with Gasteiger partial charge in [0.05, 0.1) is 38.4 Å². The average Bonchev–Trinajstić information content (AvgIpc) is 2.93. The molecule has 2 saturated heterocycles. The third kappa shape index (κ3) is 5.04. The standard InChI is InChI=1S/C35H39NO3/c1-4-34(20-37-21-34)19-36-28-13-10-26(11-14-28)29-15-12-27(18-25(29)3)30-16-17-33(32-9-7-6-8-31(30)32)39-24-35(5-2)22-38-23-35/h6-18,36H,4-5,19-24H2,1-3H3. The van der Waals surface area contributed by atoms with E-state index in [1.54, 1.807) is 0 Å². The van der Waals surface area contributed by atoms with E-state index in [2.05, 4.69) is 105 Å². The van der Waals surface area contributed by atoms with E-state index < -0.39 is 0 Å². The van der Waals surface area contributed by atoms with Crippen molar-refractivity contribution in [2.45, 2.75) is 33.6 Å². The summed E-state index contributed by atoms with van der Waals surface area (Å²) in [6.45, 7) is 11.6. The lowest BCUT2D eigenvalue weighted by Crippen LogP contribution is -2.47. The monoisotopic (exact) mass is 521 g/mol. The fourth-order valence-electron chi connectivity index (χ4n) is 5.69. The fourth-order valence-corrected chi connectivity index (χ4v) is 5.69. The van der Waals surface area contributed by atoms with Crippen molar-refractivity contribution in [3.05, 3.63) is 84.4 Å². The highest BCUT2D eigenvalue weighted by atomic mass is 16.5. The van der Waals surface area contributed by atoms with E-state index in [4.69, 9.17) is 14.2 Å². The summed E-state index contributed by atoms with van der Waals surface area (Å²) in [7, 11) is 0. The summed E-state index contributed by atoms with van der Waals surface area (Å²) in [5.41, 5.74) is 7.84. The maximum Gasteiger partial charge on any atom is 0.127 e. The molecule has 0 unspecified atom stereocenters. The van der Waals surface area contributed by atoms with Gasteiger partial charge in [-0.2, -0.15) is 0 Å². The molecule has 4 aromatic rings. The van der Waals surface area contributed by atoms with E-state index in [0.29, 0.717) is 12.0 Å². The molecule has 0 amide bonds. The van der Waals surface area contributed by atoms with Crippen molar-refractivity contribution in [3.63, 3.8) is 0 Å². The number of nitrogens with one attached hydrogen (secondary N) is 1. The first-order valence-electron chi connectivity index (χ1n) is 14.3. The Morgan fingerprint density at radius 2 is 1.36 bits per heavy atom. The molecule has 0 radical (unpaired) electrons. The van der Waals surface area contributed by atoms with Gasteiger partial charge in [0.2, 0.25) is 0 Å². The van der Waals surface area contributed by atoms with Crippen LogP contribution in [0.5, 0.6) is 5.75 Å². The summed E-state index contributed by atoms with van der Waals surface area (Å²) >= 11 is 0. The number of ether oxygens (including phenoxy) is 3. The molecule has 2 heterocycles. The minimum absolute atomic E-state index is 0.157. The van der Waals surface area contributed by atoms with Crippen LogP contribution in [0, 0.1) is 17.8 Å². The molecular formula is C35H39NO3. The quantitative estimate of drug-likeness (QED) is 0.229. The van der Waals surface area contributed by atoms with Crippen LogP contribution in [-0.2, 0) is 9.47 Å². The molecule has 4 aromatic carbocycles. The first-order valence-corrected chi connectivity index (χ1v) is 14.3. The van der Waals surface area contributed by atoms with Crippen LogP contribution in [0.1, 0.15) is 32.3 Å². The number of anilines is 1. The number of rotatable bonds is 10. The molecule has 2 aliphatic heterocycles. The summed E-state index contributed by atoms with van der Waals surface area (Å²) in [5.74, 6) is 0.950. The number of benzene rings is 4. The van der Waals surface area contributed by atoms with Gasteiger partial charge in [-0.25, -0.2) is 0 Å². The molecular weight excluding hydrogens is 482 g/mol. The van der Waals surface area contributed by atoms with E-state index >= 15 is 0 Å². The average molecular weight is 522 g/mol. The summed E-state index contributed by atoms with van der Waals surface area (Å²) in [6.07, 6.45) is 2.21. The summed E-state index contributed by atoms with van der Waals surface area (Å²) in [4.78, 5) is 0. The van der Waals surface area contributed by atoms with Crippen LogP contribution in [-0.4, -0.2) is 39.6 Å². The van der Waals surface area contributed by atoms with Gasteiger partial charge in [0.25, 0.3) is 0 Å². The van der Waals surface area contributed by atoms with Gasteiger partial charge in [0.1, 0.15) is 5.75 Å². The minimum atomic E-state index is 0.157. The first-order chi connectivity index (χ1) is 19.0. The third-order valence-electron chi connectivity index (χ3n) is 8.95. The molecule has 4 heteroatoms. The zero-order valence-corrected chi connectivity index (χ0v) is 23.4. The van der Waals surface area contributed by atoms with E-state index in [9.17, 15) is 0 Å². The van der Waals surface area contributed by atoms with E-state index in [1.807, 2.05) is 0 Å². The molecule has 2 fully saturated rings. The van der Waals surface area contributed by atoms with E-state index in [0.717, 1.165) is 62.6 Å². The van der Waals surface area contributed by atoms with Crippen LogP contribution in [0.25, 0.3) is 33.0 Å². The molecule has 0 aromatic heterocycles. The van der Waals surface area contributed by atoms with Gasteiger partial charge in [-0.15, -0.1) is 0 Å². The predicted octanol–water partition coefficient (Wildman–Crippen LogP) is 8.13.